The molecule has 1 amide bonds. The maximum Gasteiger partial charge on any atom is 0.408 e. The molecule has 1 aromatic carbocycles. The molecule has 0 saturated heterocycles. The van der Waals surface area contributed by atoms with Crippen LogP contribution in [0, 0.1) is 10.8 Å². The molecule has 2 bridgehead atoms. The van der Waals surface area contributed by atoms with Gasteiger partial charge in [0.15, 0.2) is 0 Å². The first-order valence-electron chi connectivity index (χ1n) is 8.69. The van der Waals surface area contributed by atoms with Crippen molar-refractivity contribution >= 4 is 12.1 Å². The number of aliphatic carboxylic acids is 1. The van der Waals surface area contributed by atoms with Gasteiger partial charge in [0.25, 0.3) is 0 Å². The summed E-state index contributed by atoms with van der Waals surface area (Å²) in [5, 5.41) is 12.1. The molecular formula is C19H25NO4. The summed E-state index contributed by atoms with van der Waals surface area (Å²) in [5.74, 6) is -0.963. The van der Waals surface area contributed by atoms with Crippen molar-refractivity contribution < 1.29 is 19.4 Å². The number of ether oxygens (including phenoxy) is 1. The molecule has 1 unspecified atom stereocenters. The number of amides is 1. The fraction of sp³-hybridized carbons (Fsp3) is 0.579. The van der Waals surface area contributed by atoms with Crippen molar-refractivity contribution in [2.75, 3.05) is 0 Å². The minimum atomic E-state index is -0.963. The number of unbranched alkanes of at least 4 members (excludes halogenated alkanes) is 1. The number of benzene rings is 1. The molecule has 2 N–H and O–H groups in total. The third-order valence-electron chi connectivity index (χ3n) is 5.58. The zero-order valence-corrected chi connectivity index (χ0v) is 14.1. The fourth-order valence-electron chi connectivity index (χ4n) is 4.57. The minimum Gasteiger partial charge on any atom is -0.480 e. The summed E-state index contributed by atoms with van der Waals surface area (Å²) < 4.78 is 5.17. The molecule has 130 valence electrons. The van der Waals surface area contributed by atoms with Crippen LogP contribution in [0.1, 0.15) is 51.0 Å². The standard InChI is InChI=1S/C19H25NO4/c1-2-3-9-18-11-19(12-18,13-18)15(16(21)22)20-17(23)24-10-14-7-5-4-6-8-14/h4-8,15H,2-3,9-13H2,1H3,(H,20,23)(H,21,22). The molecule has 0 aliphatic heterocycles. The second-order valence-corrected chi connectivity index (χ2v) is 7.47. The predicted molar refractivity (Wildman–Crippen MR) is 89.4 cm³/mol. The normalized spacial score (nSPS) is 28.2. The number of carbonyl (C=O) groups is 2. The molecule has 0 radical (unpaired) electrons. The SMILES string of the molecule is CCCCC12CC(C(NC(=O)OCc3ccccc3)C(=O)O)(C1)C2. The Labute approximate surface area is 142 Å². The molecule has 1 aromatic rings. The van der Waals surface area contributed by atoms with Crippen molar-refractivity contribution in [3.05, 3.63) is 35.9 Å². The summed E-state index contributed by atoms with van der Waals surface area (Å²) in [6.07, 6.45) is 5.62. The van der Waals surface area contributed by atoms with E-state index in [1.54, 1.807) is 0 Å². The molecule has 24 heavy (non-hydrogen) atoms. The van der Waals surface area contributed by atoms with Gasteiger partial charge in [0.05, 0.1) is 0 Å². The van der Waals surface area contributed by atoms with E-state index >= 15 is 0 Å². The fourth-order valence-corrected chi connectivity index (χ4v) is 4.57. The quantitative estimate of drug-likeness (QED) is 0.761. The van der Waals surface area contributed by atoms with Crippen molar-refractivity contribution in [2.24, 2.45) is 10.8 Å². The highest BCUT2D eigenvalue weighted by Gasteiger charge is 2.71. The summed E-state index contributed by atoms with van der Waals surface area (Å²) in [6, 6.07) is 8.51. The van der Waals surface area contributed by atoms with Crippen molar-refractivity contribution in [3.63, 3.8) is 0 Å². The van der Waals surface area contributed by atoms with Crippen LogP contribution < -0.4 is 5.32 Å². The number of nitrogens with one attached hydrogen (secondary N) is 1. The second-order valence-electron chi connectivity index (χ2n) is 7.47. The van der Waals surface area contributed by atoms with E-state index in [0.29, 0.717) is 5.41 Å². The molecule has 5 heteroatoms. The Morgan fingerprint density at radius 3 is 2.50 bits per heavy atom. The van der Waals surface area contributed by atoms with E-state index in [0.717, 1.165) is 24.8 Å². The maximum absolute atomic E-state index is 12.0. The van der Waals surface area contributed by atoms with Crippen molar-refractivity contribution in [3.8, 4) is 0 Å². The molecule has 0 heterocycles. The van der Waals surface area contributed by atoms with Gasteiger partial charge in [-0.25, -0.2) is 9.59 Å². The molecule has 0 aromatic heterocycles. The van der Waals surface area contributed by atoms with Crippen molar-refractivity contribution in [1.82, 2.24) is 5.32 Å². The maximum atomic E-state index is 12.0. The topological polar surface area (TPSA) is 75.6 Å². The lowest BCUT2D eigenvalue weighted by molar-refractivity contribution is -0.228. The Hall–Kier alpha value is -2.04. The van der Waals surface area contributed by atoms with E-state index in [-0.39, 0.29) is 12.0 Å². The first-order chi connectivity index (χ1) is 11.5. The Morgan fingerprint density at radius 2 is 1.92 bits per heavy atom. The number of carboxylic acid groups (broad SMARTS) is 1. The van der Waals surface area contributed by atoms with E-state index in [4.69, 9.17) is 4.74 Å². The molecule has 5 nitrogen and oxygen atoms in total. The highest BCUT2D eigenvalue weighted by Crippen LogP contribution is 2.76. The zero-order valence-electron chi connectivity index (χ0n) is 14.1. The molecule has 3 fully saturated rings. The molecule has 4 rings (SSSR count). The van der Waals surface area contributed by atoms with Crippen LogP contribution in [0.4, 0.5) is 4.79 Å². The Balaban J connectivity index is 1.51. The lowest BCUT2D eigenvalue weighted by atomic mass is 9.32. The first-order valence-corrected chi connectivity index (χ1v) is 8.69. The van der Waals surface area contributed by atoms with Crippen LogP contribution in [0.25, 0.3) is 0 Å². The number of carboxylic acids is 1. The van der Waals surface area contributed by atoms with Gasteiger partial charge in [0.1, 0.15) is 12.6 Å². The van der Waals surface area contributed by atoms with Crippen LogP contribution in [0.15, 0.2) is 30.3 Å². The molecule has 1 atom stereocenters. The van der Waals surface area contributed by atoms with Gasteiger partial charge in [-0.1, -0.05) is 50.1 Å². The van der Waals surface area contributed by atoms with E-state index in [9.17, 15) is 14.7 Å². The summed E-state index contributed by atoms with van der Waals surface area (Å²) >= 11 is 0. The van der Waals surface area contributed by atoms with Crippen LogP contribution in [-0.2, 0) is 16.1 Å². The van der Waals surface area contributed by atoms with Crippen LogP contribution in [0.3, 0.4) is 0 Å². The van der Waals surface area contributed by atoms with Crippen LogP contribution >= 0.6 is 0 Å². The second kappa shape index (κ2) is 6.46. The van der Waals surface area contributed by atoms with E-state index in [1.807, 2.05) is 30.3 Å². The predicted octanol–water partition coefficient (Wildman–Crippen LogP) is 3.73. The first kappa shape index (κ1) is 16.8. The van der Waals surface area contributed by atoms with Crippen LogP contribution in [-0.4, -0.2) is 23.2 Å². The van der Waals surface area contributed by atoms with E-state index in [2.05, 4.69) is 12.2 Å². The largest absolute Gasteiger partial charge is 0.480 e. The highest BCUT2D eigenvalue weighted by atomic mass is 16.5. The van der Waals surface area contributed by atoms with Gasteiger partial charge in [0, 0.05) is 5.41 Å². The van der Waals surface area contributed by atoms with E-state index in [1.165, 1.54) is 19.3 Å². The Kier molecular flexibility index (Phi) is 4.52. The highest BCUT2D eigenvalue weighted by molar-refractivity contribution is 5.81. The summed E-state index contributed by atoms with van der Waals surface area (Å²) in [4.78, 5) is 23.6. The number of hydrogen-bond donors (Lipinski definition) is 2. The number of rotatable bonds is 8. The average Bonchev–Trinajstić information content (AvgIpc) is 2.50. The van der Waals surface area contributed by atoms with Crippen molar-refractivity contribution in [2.45, 2.75) is 58.1 Å². The Morgan fingerprint density at radius 1 is 1.25 bits per heavy atom. The van der Waals surface area contributed by atoms with Gasteiger partial charge in [-0.05, 0) is 36.7 Å². The van der Waals surface area contributed by atoms with Crippen LogP contribution in [0.5, 0.6) is 0 Å². The summed E-state index contributed by atoms with van der Waals surface area (Å²) in [5.41, 5.74) is 0.966. The molecular weight excluding hydrogens is 306 g/mol. The summed E-state index contributed by atoms with van der Waals surface area (Å²) in [7, 11) is 0. The molecule has 3 aliphatic rings. The molecule has 3 saturated carbocycles. The number of carbonyl (C=O) groups excluding carboxylic acids is 1. The monoisotopic (exact) mass is 331 g/mol. The molecule has 0 spiro atoms. The van der Waals surface area contributed by atoms with E-state index < -0.39 is 18.1 Å². The summed E-state index contributed by atoms with van der Waals surface area (Å²) in [6.45, 7) is 2.32. The van der Waals surface area contributed by atoms with Gasteiger partial charge in [-0.15, -0.1) is 0 Å². The zero-order chi connectivity index (χ0) is 17.2. The lowest BCUT2D eigenvalue weighted by Gasteiger charge is -2.72. The van der Waals surface area contributed by atoms with Gasteiger partial charge < -0.3 is 15.2 Å². The minimum absolute atomic E-state index is 0.145. The number of alkyl carbamates (subject to hydrolysis) is 1. The van der Waals surface area contributed by atoms with Crippen LogP contribution in [0.2, 0.25) is 0 Å². The van der Waals surface area contributed by atoms with Crippen molar-refractivity contribution in [1.29, 1.82) is 0 Å². The van der Waals surface area contributed by atoms with Gasteiger partial charge in [0.2, 0.25) is 0 Å². The third kappa shape index (κ3) is 3.12. The number of hydrogen-bond acceptors (Lipinski definition) is 3. The van der Waals surface area contributed by atoms with Gasteiger partial charge in [-0.3, -0.25) is 0 Å². The smallest absolute Gasteiger partial charge is 0.408 e. The average molecular weight is 331 g/mol. The Bertz CT molecular complexity index is 593. The van der Waals surface area contributed by atoms with Gasteiger partial charge >= 0.3 is 12.1 Å². The molecule has 3 aliphatic carbocycles. The van der Waals surface area contributed by atoms with Gasteiger partial charge in [-0.2, -0.15) is 0 Å². The lowest BCUT2D eigenvalue weighted by Crippen LogP contribution is -2.71. The third-order valence-corrected chi connectivity index (χ3v) is 5.58.